The smallest absolute Gasteiger partial charge is 0.338 e. The number of benzene rings is 2. The average Bonchev–Trinajstić information content (AvgIpc) is 3.30. The van der Waals surface area contributed by atoms with Crippen molar-refractivity contribution in [3.8, 4) is 0 Å². The van der Waals surface area contributed by atoms with Crippen LogP contribution in [-0.4, -0.2) is 48.7 Å². The third-order valence-corrected chi connectivity index (χ3v) is 7.66. The van der Waals surface area contributed by atoms with E-state index in [-0.39, 0.29) is 5.97 Å². The van der Waals surface area contributed by atoms with E-state index in [1.54, 1.807) is 0 Å². The van der Waals surface area contributed by atoms with Crippen LogP contribution in [0.4, 0.5) is 5.69 Å². The molecular weight excluding hydrogens is 468 g/mol. The monoisotopic (exact) mass is 508 g/mol. The van der Waals surface area contributed by atoms with Crippen molar-refractivity contribution in [3.63, 3.8) is 0 Å². The molecule has 1 unspecified atom stereocenters. The van der Waals surface area contributed by atoms with E-state index in [9.17, 15) is 4.79 Å². The average molecular weight is 509 g/mol. The molecule has 2 aromatic carbocycles. The number of hydrogen-bond acceptors (Lipinski definition) is 4. The molecule has 2 saturated heterocycles. The van der Waals surface area contributed by atoms with Gasteiger partial charge in [0, 0.05) is 48.3 Å². The molecule has 2 heterocycles. The van der Waals surface area contributed by atoms with E-state index in [1.807, 2.05) is 58.9 Å². The topological polar surface area (TPSA) is 32.8 Å². The molecule has 4 nitrogen and oxygen atoms in total. The maximum atomic E-state index is 12.3. The third kappa shape index (κ3) is 5.98. The standard InChI is InChI=1S/C29H35ClN2O2.C2H6/c1-28(2,3)34-27(33)22-10-14-24(15-11-22)31-17-16-29(18-31)19-32(20-29)26-7-5-4-6-25(26)21-8-12-23(30)13-9-21;1-2/h6,8-15,26H,4-5,7,16-20H2,1-3H3;1-2H3. The summed E-state index contributed by atoms with van der Waals surface area (Å²) in [6.45, 7) is 14.2. The van der Waals surface area contributed by atoms with E-state index in [2.05, 4.69) is 40.1 Å². The molecule has 194 valence electrons. The number of rotatable bonds is 4. The molecular formula is C31H41ClN2O2. The van der Waals surface area contributed by atoms with E-state index in [0.29, 0.717) is 17.0 Å². The van der Waals surface area contributed by atoms with E-state index >= 15 is 0 Å². The van der Waals surface area contributed by atoms with Gasteiger partial charge in [-0.15, -0.1) is 0 Å². The number of likely N-dealkylation sites (tertiary alicyclic amines) is 1. The summed E-state index contributed by atoms with van der Waals surface area (Å²) in [5.41, 5.74) is 4.50. The summed E-state index contributed by atoms with van der Waals surface area (Å²) in [5.74, 6) is -0.261. The highest BCUT2D eigenvalue weighted by atomic mass is 35.5. The van der Waals surface area contributed by atoms with Gasteiger partial charge in [0.1, 0.15) is 5.60 Å². The number of anilines is 1. The first-order valence-electron chi connectivity index (χ1n) is 13.5. The van der Waals surface area contributed by atoms with Crippen molar-refractivity contribution in [1.82, 2.24) is 4.90 Å². The first-order chi connectivity index (χ1) is 17.2. The molecule has 0 bridgehead atoms. The van der Waals surface area contributed by atoms with Gasteiger partial charge in [-0.1, -0.05) is 43.7 Å². The minimum atomic E-state index is -0.478. The highest BCUT2D eigenvalue weighted by molar-refractivity contribution is 6.30. The molecule has 1 aliphatic carbocycles. The number of halogens is 1. The molecule has 2 fully saturated rings. The molecule has 0 saturated carbocycles. The molecule has 5 rings (SSSR count). The predicted molar refractivity (Wildman–Crippen MR) is 151 cm³/mol. The Labute approximate surface area is 222 Å². The molecule has 5 heteroatoms. The van der Waals surface area contributed by atoms with Gasteiger partial charge in [0.15, 0.2) is 0 Å². The Morgan fingerprint density at radius 2 is 1.67 bits per heavy atom. The number of hydrogen-bond donors (Lipinski definition) is 0. The van der Waals surface area contributed by atoms with Crippen molar-refractivity contribution in [3.05, 3.63) is 70.8 Å². The Bertz CT molecular complexity index is 1060. The van der Waals surface area contributed by atoms with Gasteiger partial charge < -0.3 is 9.64 Å². The molecule has 0 N–H and O–H groups in total. The van der Waals surface area contributed by atoms with Crippen molar-refractivity contribution in [1.29, 1.82) is 0 Å². The van der Waals surface area contributed by atoms with Crippen LogP contribution in [0.3, 0.4) is 0 Å². The van der Waals surface area contributed by atoms with Gasteiger partial charge in [-0.3, -0.25) is 4.90 Å². The summed E-state index contributed by atoms with van der Waals surface area (Å²) >= 11 is 6.13. The Morgan fingerprint density at radius 3 is 2.31 bits per heavy atom. The Balaban J connectivity index is 0.00000148. The second kappa shape index (κ2) is 11.0. The van der Waals surface area contributed by atoms with E-state index in [4.69, 9.17) is 16.3 Å². The normalized spacial score (nSPS) is 21.3. The molecule has 2 aromatic rings. The van der Waals surface area contributed by atoms with Crippen LogP contribution < -0.4 is 4.90 Å². The van der Waals surface area contributed by atoms with Crippen LogP contribution >= 0.6 is 11.6 Å². The van der Waals surface area contributed by atoms with Crippen LogP contribution in [0.1, 0.15) is 76.2 Å². The number of nitrogens with zero attached hydrogens (tertiary/aromatic N) is 2. The fourth-order valence-electron chi connectivity index (χ4n) is 5.79. The lowest BCUT2D eigenvalue weighted by Crippen LogP contribution is -2.61. The summed E-state index contributed by atoms with van der Waals surface area (Å²) in [5, 5.41) is 0.796. The summed E-state index contributed by atoms with van der Waals surface area (Å²) < 4.78 is 5.50. The van der Waals surface area contributed by atoms with Crippen molar-refractivity contribution in [2.45, 2.75) is 71.9 Å². The number of ether oxygens (including phenoxy) is 1. The Hall–Kier alpha value is -2.30. The van der Waals surface area contributed by atoms with Gasteiger partial charge >= 0.3 is 5.97 Å². The number of esters is 1. The number of carbonyl (C=O) groups excluding carboxylic acids is 1. The van der Waals surface area contributed by atoms with E-state index in [0.717, 1.165) is 31.2 Å². The zero-order chi connectivity index (χ0) is 25.9. The van der Waals surface area contributed by atoms with Gasteiger partial charge in [0.25, 0.3) is 0 Å². The Morgan fingerprint density at radius 1 is 1.00 bits per heavy atom. The molecule has 1 atom stereocenters. The van der Waals surface area contributed by atoms with Gasteiger partial charge in [0.2, 0.25) is 0 Å². The first-order valence-corrected chi connectivity index (χ1v) is 13.9. The predicted octanol–water partition coefficient (Wildman–Crippen LogP) is 7.47. The number of carbonyl (C=O) groups is 1. The van der Waals surface area contributed by atoms with Crippen molar-refractivity contribution in [2.24, 2.45) is 5.41 Å². The zero-order valence-corrected chi connectivity index (χ0v) is 23.3. The molecule has 0 radical (unpaired) electrons. The summed E-state index contributed by atoms with van der Waals surface area (Å²) in [7, 11) is 0. The van der Waals surface area contributed by atoms with Gasteiger partial charge in [0.05, 0.1) is 5.56 Å². The maximum Gasteiger partial charge on any atom is 0.338 e. The Kier molecular flexibility index (Phi) is 8.16. The molecule has 3 aliphatic rings. The van der Waals surface area contributed by atoms with Crippen molar-refractivity contribution >= 4 is 28.8 Å². The molecule has 0 amide bonds. The molecule has 1 spiro atoms. The minimum Gasteiger partial charge on any atom is -0.456 e. The second-order valence-electron chi connectivity index (χ2n) is 11.2. The van der Waals surface area contributed by atoms with Gasteiger partial charge in [-0.2, -0.15) is 0 Å². The van der Waals surface area contributed by atoms with Crippen molar-refractivity contribution < 1.29 is 9.53 Å². The third-order valence-electron chi connectivity index (χ3n) is 7.41. The van der Waals surface area contributed by atoms with Crippen LogP contribution in [0.25, 0.3) is 5.57 Å². The molecule has 0 aromatic heterocycles. The lowest BCUT2D eigenvalue weighted by atomic mass is 9.75. The fraction of sp³-hybridized carbons (Fsp3) is 0.516. The maximum absolute atomic E-state index is 12.3. The lowest BCUT2D eigenvalue weighted by Gasteiger charge is -2.53. The van der Waals surface area contributed by atoms with Crippen LogP contribution in [0.2, 0.25) is 5.02 Å². The summed E-state index contributed by atoms with van der Waals surface area (Å²) in [6, 6.07) is 16.8. The van der Waals surface area contributed by atoms with Crippen LogP contribution in [0.5, 0.6) is 0 Å². The highest BCUT2D eigenvalue weighted by Gasteiger charge is 2.50. The van der Waals surface area contributed by atoms with Gasteiger partial charge in [-0.25, -0.2) is 4.79 Å². The minimum absolute atomic E-state index is 0.261. The van der Waals surface area contributed by atoms with Crippen LogP contribution in [0.15, 0.2) is 54.6 Å². The first kappa shape index (κ1) is 26.8. The van der Waals surface area contributed by atoms with Gasteiger partial charge in [-0.05, 0) is 94.0 Å². The largest absolute Gasteiger partial charge is 0.456 e. The van der Waals surface area contributed by atoms with Crippen molar-refractivity contribution in [2.75, 3.05) is 31.1 Å². The highest BCUT2D eigenvalue weighted by Crippen LogP contribution is 2.45. The second-order valence-corrected chi connectivity index (χ2v) is 11.7. The SMILES string of the molecule is CC.CC(C)(C)OC(=O)c1ccc(N2CCC3(C2)CN(C2CCCC=C2c2ccc(Cl)cc2)C3)cc1. The zero-order valence-electron chi connectivity index (χ0n) is 22.5. The molecule has 2 aliphatic heterocycles. The van der Waals surface area contributed by atoms with Crippen LogP contribution in [-0.2, 0) is 4.74 Å². The summed E-state index contributed by atoms with van der Waals surface area (Å²) in [4.78, 5) is 17.5. The van der Waals surface area contributed by atoms with E-state index < -0.39 is 5.60 Å². The lowest BCUT2D eigenvalue weighted by molar-refractivity contribution is -0.00317. The van der Waals surface area contributed by atoms with E-state index in [1.165, 1.54) is 42.5 Å². The quantitative estimate of drug-likeness (QED) is 0.401. The fourth-order valence-corrected chi connectivity index (χ4v) is 5.91. The summed E-state index contributed by atoms with van der Waals surface area (Å²) in [6.07, 6.45) is 7.34. The molecule has 36 heavy (non-hydrogen) atoms. The number of allylic oxidation sites excluding steroid dienone is 1. The van der Waals surface area contributed by atoms with Crippen LogP contribution in [0, 0.1) is 5.41 Å².